The van der Waals surface area contributed by atoms with Crippen LogP contribution in [0.4, 0.5) is 17.3 Å². The van der Waals surface area contributed by atoms with Crippen LogP contribution in [0, 0.1) is 0 Å². The van der Waals surface area contributed by atoms with Crippen molar-refractivity contribution in [1.29, 1.82) is 0 Å². The van der Waals surface area contributed by atoms with Crippen molar-refractivity contribution in [3.63, 3.8) is 0 Å². The second-order valence-electron chi connectivity index (χ2n) is 4.45. The molecule has 1 aromatic heterocycles. The summed E-state index contributed by atoms with van der Waals surface area (Å²) < 4.78 is 5.20. The number of benzene rings is 1. The quantitative estimate of drug-likeness (QED) is 0.568. The van der Waals surface area contributed by atoms with E-state index in [1.807, 2.05) is 12.1 Å². The number of rotatable bonds is 5. The van der Waals surface area contributed by atoms with E-state index >= 15 is 0 Å². The van der Waals surface area contributed by atoms with Gasteiger partial charge in [0, 0.05) is 6.07 Å². The Morgan fingerprint density at radius 1 is 1.27 bits per heavy atom. The van der Waals surface area contributed by atoms with Gasteiger partial charge in [-0.15, -0.1) is 0 Å². The zero-order chi connectivity index (χ0) is 16.1. The van der Waals surface area contributed by atoms with E-state index in [4.69, 9.17) is 16.2 Å². The highest BCUT2D eigenvalue weighted by atomic mass is 32.2. The van der Waals surface area contributed by atoms with Gasteiger partial charge in [0.15, 0.2) is 5.16 Å². The Labute approximate surface area is 132 Å². The lowest BCUT2D eigenvalue weighted by molar-refractivity contribution is -0.115. The van der Waals surface area contributed by atoms with Gasteiger partial charge in [0.25, 0.3) is 0 Å². The summed E-state index contributed by atoms with van der Waals surface area (Å²) in [7, 11) is 1.55. The molecule has 7 nitrogen and oxygen atoms in total. The lowest BCUT2D eigenvalue weighted by Gasteiger charge is -2.13. The molecule has 2 rings (SSSR count). The van der Waals surface area contributed by atoms with Crippen LogP contribution in [0.3, 0.4) is 0 Å². The minimum absolute atomic E-state index is 0.195. The van der Waals surface area contributed by atoms with Crippen molar-refractivity contribution in [2.45, 2.75) is 17.3 Å². The molecule has 1 atom stereocenters. The molecule has 116 valence electrons. The van der Waals surface area contributed by atoms with E-state index in [0.29, 0.717) is 16.6 Å². The molecule has 0 aliphatic rings. The number of carbonyl (C=O) groups excluding carboxylic acids is 1. The first kappa shape index (κ1) is 15.9. The van der Waals surface area contributed by atoms with Crippen molar-refractivity contribution in [3.8, 4) is 5.75 Å². The molecule has 0 fully saturated rings. The predicted octanol–water partition coefficient (Wildman–Crippen LogP) is 1.77. The number of nitrogens with one attached hydrogen (secondary N) is 1. The molecular weight excluding hydrogens is 302 g/mol. The molecule has 1 aromatic carbocycles. The highest BCUT2D eigenvalue weighted by molar-refractivity contribution is 8.00. The first-order chi connectivity index (χ1) is 10.5. The zero-order valence-corrected chi connectivity index (χ0v) is 13.1. The van der Waals surface area contributed by atoms with Crippen molar-refractivity contribution < 1.29 is 9.53 Å². The van der Waals surface area contributed by atoms with Gasteiger partial charge in [-0.1, -0.05) is 23.9 Å². The van der Waals surface area contributed by atoms with Gasteiger partial charge in [-0.25, -0.2) is 9.97 Å². The fraction of sp³-hybridized carbons (Fsp3) is 0.214. The van der Waals surface area contributed by atoms with Gasteiger partial charge in [-0.05, 0) is 19.1 Å². The van der Waals surface area contributed by atoms with Gasteiger partial charge in [0.05, 0.1) is 18.0 Å². The summed E-state index contributed by atoms with van der Waals surface area (Å²) in [6.45, 7) is 1.75. The fourth-order valence-electron chi connectivity index (χ4n) is 1.71. The van der Waals surface area contributed by atoms with Crippen LogP contribution in [-0.4, -0.2) is 28.2 Å². The maximum atomic E-state index is 12.2. The maximum absolute atomic E-state index is 12.2. The molecule has 0 aliphatic heterocycles. The number of methoxy groups -OCH3 is 1. The number of nitrogens with zero attached hydrogens (tertiary/aromatic N) is 2. The van der Waals surface area contributed by atoms with Crippen LogP contribution < -0.4 is 21.5 Å². The summed E-state index contributed by atoms with van der Waals surface area (Å²) in [5.41, 5.74) is 11.8. The molecule has 8 heteroatoms. The number of aromatic nitrogens is 2. The molecule has 5 N–H and O–H groups in total. The molecule has 0 saturated carbocycles. The van der Waals surface area contributed by atoms with Crippen LogP contribution in [0.25, 0.3) is 0 Å². The number of nitrogens with two attached hydrogens (primary N) is 2. The Hall–Kier alpha value is -2.48. The second-order valence-corrected chi connectivity index (χ2v) is 5.76. The third kappa shape index (κ3) is 4.01. The van der Waals surface area contributed by atoms with Gasteiger partial charge >= 0.3 is 0 Å². The Bertz CT molecular complexity index is 660. The molecule has 0 bridgehead atoms. The summed E-state index contributed by atoms with van der Waals surface area (Å²) in [5, 5.41) is 2.74. The summed E-state index contributed by atoms with van der Waals surface area (Å²) in [5.74, 6) is 0.941. The minimum atomic E-state index is -0.425. The van der Waals surface area contributed by atoms with E-state index in [9.17, 15) is 4.79 Å². The summed E-state index contributed by atoms with van der Waals surface area (Å²) in [6.07, 6.45) is 0. The standard InChI is InChI=1S/C14H17N5O2S/c1-8(22-14-18-11(15)7-12(16)19-14)13(20)17-9-5-3-4-6-10(9)21-2/h3-8H,1-2H3,(H,17,20)(H4,15,16,18,19)/t8-/m1/s1. The number of nitrogen functional groups attached to an aromatic ring is 2. The Morgan fingerprint density at radius 3 is 2.55 bits per heavy atom. The SMILES string of the molecule is COc1ccccc1NC(=O)[C@@H](C)Sc1nc(N)cc(N)n1. The second kappa shape index (κ2) is 6.99. The summed E-state index contributed by atoms with van der Waals surface area (Å²) >= 11 is 1.18. The van der Waals surface area contributed by atoms with E-state index in [2.05, 4.69) is 15.3 Å². The fourth-order valence-corrected chi connectivity index (χ4v) is 2.51. The van der Waals surface area contributed by atoms with Gasteiger partial charge in [0.1, 0.15) is 17.4 Å². The van der Waals surface area contributed by atoms with Gasteiger partial charge in [-0.3, -0.25) is 4.79 Å². The molecule has 1 heterocycles. The topological polar surface area (TPSA) is 116 Å². The number of ether oxygens (including phenoxy) is 1. The minimum Gasteiger partial charge on any atom is -0.495 e. The van der Waals surface area contributed by atoms with Crippen LogP contribution in [0.15, 0.2) is 35.5 Å². The van der Waals surface area contributed by atoms with Crippen LogP contribution >= 0.6 is 11.8 Å². The van der Waals surface area contributed by atoms with Crippen molar-refractivity contribution >= 4 is 35.0 Å². The molecule has 0 radical (unpaired) electrons. The number of para-hydroxylation sites is 2. The lowest BCUT2D eigenvalue weighted by Crippen LogP contribution is -2.23. The zero-order valence-electron chi connectivity index (χ0n) is 12.2. The smallest absolute Gasteiger partial charge is 0.237 e. The van der Waals surface area contributed by atoms with Crippen LogP contribution in [-0.2, 0) is 4.79 Å². The van der Waals surface area contributed by atoms with E-state index in [0.717, 1.165) is 0 Å². The normalized spacial score (nSPS) is 11.7. The molecule has 22 heavy (non-hydrogen) atoms. The van der Waals surface area contributed by atoms with Crippen LogP contribution in [0.1, 0.15) is 6.92 Å². The molecule has 2 aromatic rings. The lowest BCUT2D eigenvalue weighted by atomic mass is 10.3. The molecule has 0 aliphatic carbocycles. The van der Waals surface area contributed by atoms with E-state index in [1.165, 1.54) is 17.8 Å². The monoisotopic (exact) mass is 319 g/mol. The molecular formula is C14H17N5O2S. The van der Waals surface area contributed by atoms with Crippen LogP contribution in [0.2, 0.25) is 0 Å². The maximum Gasteiger partial charge on any atom is 0.237 e. The molecule has 0 unspecified atom stereocenters. The Balaban J connectivity index is 2.06. The van der Waals surface area contributed by atoms with Crippen molar-refractivity contribution in [3.05, 3.63) is 30.3 Å². The third-order valence-electron chi connectivity index (χ3n) is 2.76. The largest absolute Gasteiger partial charge is 0.495 e. The van der Waals surface area contributed by atoms with E-state index < -0.39 is 5.25 Å². The number of hydrogen-bond donors (Lipinski definition) is 3. The average molecular weight is 319 g/mol. The molecule has 0 spiro atoms. The first-order valence-electron chi connectivity index (χ1n) is 6.50. The molecule has 0 saturated heterocycles. The first-order valence-corrected chi connectivity index (χ1v) is 7.38. The van der Waals surface area contributed by atoms with Crippen LogP contribution in [0.5, 0.6) is 5.75 Å². The van der Waals surface area contributed by atoms with Gasteiger partial charge < -0.3 is 21.5 Å². The Morgan fingerprint density at radius 2 is 1.91 bits per heavy atom. The van der Waals surface area contributed by atoms with Gasteiger partial charge in [-0.2, -0.15) is 0 Å². The highest BCUT2D eigenvalue weighted by Crippen LogP contribution is 2.26. The predicted molar refractivity (Wildman–Crippen MR) is 87.8 cm³/mol. The number of anilines is 3. The van der Waals surface area contributed by atoms with Crippen molar-refractivity contribution in [2.75, 3.05) is 23.9 Å². The Kier molecular flexibility index (Phi) is 5.05. The summed E-state index contributed by atoms with van der Waals surface area (Å²) in [6, 6.07) is 8.65. The number of amides is 1. The molecule has 1 amide bonds. The number of hydrogen-bond acceptors (Lipinski definition) is 7. The van der Waals surface area contributed by atoms with E-state index in [1.54, 1.807) is 26.2 Å². The highest BCUT2D eigenvalue weighted by Gasteiger charge is 2.18. The van der Waals surface area contributed by atoms with Crippen molar-refractivity contribution in [2.24, 2.45) is 0 Å². The van der Waals surface area contributed by atoms with Crippen molar-refractivity contribution in [1.82, 2.24) is 9.97 Å². The average Bonchev–Trinajstić information content (AvgIpc) is 2.46. The van der Waals surface area contributed by atoms with E-state index in [-0.39, 0.29) is 17.5 Å². The van der Waals surface area contributed by atoms with Gasteiger partial charge in [0.2, 0.25) is 5.91 Å². The third-order valence-corrected chi connectivity index (χ3v) is 3.72. The summed E-state index contributed by atoms with van der Waals surface area (Å²) in [4.78, 5) is 20.3. The number of thioether (sulfide) groups is 1. The number of carbonyl (C=O) groups is 1.